The Kier molecular flexibility index (Phi) is 6.68. The van der Waals surface area contributed by atoms with E-state index in [0.717, 1.165) is 11.1 Å². The van der Waals surface area contributed by atoms with Crippen LogP contribution in [0.1, 0.15) is 21.5 Å². The van der Waals surface area contributed by atoms with E-state index in [-0.39, 0.29) is 32.1 Å². The molecular weight excluding hydrogens is 382 g/mol. The molecular formula is C22H27N5O3. The van der Waals surface area contributed by atoms with Gasteiger partial charge in [-0.2, -0.15) is 0 Å². The summed E-state index contributed by atoms with van der Waals surface area (Å²) < 4.78 is 0. The second-order valence-electron chi connectivity index (χ2n) is 7.31. The molecule has 8 nitrogen and oxygen atoms in total. The first-order valence-corrected chi connectivity index (χ1v) is 9.90. The molecule has 3 rings (SSSR count). The van der Waals surface area contributed by atoms with Gasteiger partial charge < -0.3 is 21.3 Å². The average molecular weight is 409 g/mol. The van der Waals surface area contributed by atoms with Gasteiger partial charge in [-0.1, -0.05) is 35.4 Å². The Morgan fingerprint density at radius 1 is 0.933 bits per heavy atom. The molecule has 1 unspecified atom stereocenters. The van der Waals surface area contributed by atoms with Crippen LogP contribution in [-0.2, 0) is 4.79 Å². The van der Waals surface area contributed by atoms with Crippen molar-refractivity contribution in [2.24, 2.45) is 5.73 Å². The smallest absolute Gasteiger partial charge is 0.323 e. The molecule has 0 spiro atoms. The Balaban J connectivity index is 1.82. The Morgan fingerprint density at radius 3 is 2.10 bits per heavy atom. The molecule has 4 N–H and O–H groups in total. The van der Waals surface area contributed by atoms with E-state index in [1.54, 1.807) is 24.3 Å². The first-order valence-electron chi connectivity index (χ1n) is 9.90. The first-order chi connectivity index (χ1) is 14.4. The molecule has 0 radical (unpaired) electrons. The summed E-state index contributed by atoms with van der Waals surface area (Å²) in [5.74, 6) is -0.731. The summed E-state index contributed by atoms with van der Waals surface area (Å²) in [6.45, 7) is 4.92. The van der Waals surface area contributed by atoms with E-state index in [0.29, 0.717) is 11.3 Å². The van der Waals surface area contributed by atoms with Gasteiger partial charge in [-0.05, 0) is 38.1 Å². The van der Waals surface area contributed by atoms with Gasteiger partial charge in [0.15, 0.2) is 6.17 Å². The Hall–Kier alpha value is -3.39. The number of urea groups is 1. The predicted octanol–water partition coefficient (Wildman–Crippen LogP) is 1.69. The summed E-state index contributed by atoms with van der Waals surface area (Å²) in [5, 5.41) is 5.50. The number of benzene rings is 2. The number of carbonyl (C=O) groups excluding carboxylic acids is 3. The fourth-order valence-electron chi connectivity index (χ4n) is 3.32. The lowest BCUT2D eigenvalue weighted by Gasteiger charge is -2.29. The van der Waals surface area contributed by atoms with E-state index in [2.05, 4.69) is 10.6 Å². The zero-order valence-corrected chi connectivity index (χ0v) is 17.2. The van der Waals surface area contributed by atoms with Crippen LogP contribution in [-0.4, -0.2) is 60.0 Å². The van der Waals surface area contributed by atoms with E-state index < -0.39 is 18.1 Å². The Morgan fingerprint density at radius 2 is 1.50 bits per heavy atom. The molecule has 0 aromatic heterocycles. The van der Waals surface area contributed by atoms with E-state index in [1.807, 2.05) is 38.1 Å². The lowest BCUT2D eigenvalue weighted by Crippen LogP contribution is -2.55. The van der Waals surface area contributed by atoms with Gasteiger partial charge in [-0.15, -0.1) is 0 Å². The Labute approximate surface area is 176 Å². The standard InChI is InChI=1S/C22H27N5O3/c1-15-3-7-17(8-4-15)21(29)26-13-14-27(20(26)19(28)24-12-11-23)22(30)25-18-9-5-16(2)6-10-18/h3-10,20H,11-14,23H2,1-2H3,(H,24,28)(H,25,30). The van der Waals surface area contributed by atoms with Crippen LogP contribution < -0.4 is 16.4 Å². The van der Waals surface area contributed by atoms with Gasteiger partial charge in [0.1, 0.15) is 0 Å². The molecule has 0 aliphatic carbocycles. The van der Waals surface area contributed by atoms with Crippen LogP contribution in [0, 0.1) is 13.8 Å². The van der Waals surface area contributed by atoms with Gasteiger partial charge in [0.05, 0.1) is 0 Å². The number of rotatable bonds is 5. The van der Waals surface area contributed by atoms with Crippen LogP contribution in [0.3, 0.4) is 0 Å². The molecule has 1 aliphatic heterocycles. The number of nitrogens with one attached hydrogen (secondary N) is 2. The first kappa shape index (κ1) is 21.3. The third-order valence-electron chi connectivity index (χ3n) is 4.97. The highest BCUT2D eigenvalue weighted by Gasteiger charge is 2.42. The van der Waals surface area contributed by atoms with Gasteiger partial charge in [0.25, 0.3) is 11.8 Å². The fourth-order valence-corrected chi connectivity index (χ4v) is 3.32. The van der Waals surface area contributed by atoms with Crippen molar-refractivity contribution in [2.75, 3.05) is 31.5 Å². The van der Waals surface area contributed by atoms with E-state index in [9.17, 15) is 14.4 Å². The summed E-state index contributed by atoms with van der Waals surface area (Å²) in [5.41, 5.74) is 8.69. The number of aryl methyl sites for hydroxylation is 2. The predicted molar refractivity (Wildman–Crippen MR) is 115 cm³/mol. The molecule has 2 aromatic carbocycles. The zero-order chi connectivity index (χ0) is 21.7. The second kappa shape index (κ2) is 9.41. The highest BCUT2D eigenvalue weighted by atomic mass is 16.2. The lowest BCUT2D eigenvalue weighted by atomic mass is 10.1. The lowest BCUT2D eigenvalue weighted by molar-refractivity contribution is -0.127. The highest BCUT2D eigenvalue weighted by molar-refractivity contribution is 6.00. The summed E-state index contributed by atoms with van der Waals surface area (Å²) in [6.07, 6.45) is -1.05. The molecule has 158 valence electrons. The molecule has 4 amide bonds. The maximum absolute atomic E-state index is 13.1. The molecule has 1 fully saturated rings. The van der Waals surface area contributed by atoms with Crippen molar-refractivity contribution in [1.29, 1.82) is 0 Å². The van der Waals surface area contributed by atoms with E-state index in [1.165, 1.54) is 9.80 Å². The number of hydrogen-bond acceptors (Lipinski definition) is 4. The molecule has 0 saturated carbocycles. The van der Waals surface area contributed by atoms with Crippen molar-refractivity contribution in [1.82, 2.24) is 15.1 Å². The molecule has 1 heterocycles. The SMILES string of the molecule is Cc1ccc(NC(=O)N2CCN(C(=O)c3ccc(C)cc3)C2C(=O)NCCN)cc1. The molecule has 8 heteroatoms. The maximum atomic E-state index is 13.1. The average Bonchev–Trinajstić information content (AvgIpc) is 3.19. The Bertz CT molecular complexity index is 911. The molecule has 1 aliphatic rings. The van der Waals surface area contributed by atoms with E-state index >= 15 is 0 Å². The fraction of sp³-hybridized carbons (Fsp3) is 0.318. The van der Waals surface area contributed by atoms with Crippen molar-refractivity contribution in [3.63, 3.8) is 0 Å². The molecule has 1 saturated heterocycles. The number of carbonyl (C=O) groups is 3. The molecule has 2 aromatic rings. The summed E-state index contributed by atoms with van der Waals surface area (Å²) in [7, 11) is 0. The van der Waals surface area contributed by atoms with Crippen LogP contribution in [0.2, 0.25) is 0 Å². The van der Waals surface area contributed by atoms with Crippen LogP contribution in [0.15, 0.2) is 48.5 Å². The highest BCUT2D eigenvalue weighted by Crippen LogP contribution is 2.20. The third-order valence-corrected chi connectivity index (χ3v) is 4.97. The van der Waals surface area contributed by atoms with Crippen molar-refractivity contribution >= 4 is 23.5 Å². The maximum Gasteiger partial charge on any atom is 0.323 e. The number of amides is 4. The third kappa shape index (κ3) is 4.77. The number of nitrogens with zero attached hydrogens (tertiary/aromatic N) is 2. The van der Waals surface area contributed by atoms with Crippen LogP contribution in [0.5, 0.6) is 0 Å². The van der Waals surface area contributed by atoms with Gasteiger partial charge in [0.2, 0.25) is 0 Å². The summed E-state index contributed by atoms with van der Waals surface area (Å²) >= 11 is 0. The monoisotopic (exact) mass is 409 g/mol. The molecule has 0 bridgehead atoms. The molecule has 1 atom stereocenters. The number of anilines is 1. The van der Waals surface area contributed by atoms with Gasteiger partial charge in [0, 0.05) is 37.4 Å². The van der Waals surface area contributed by atoms with Crippen molar-refractivity contribution in [3.8, 4) is 0 Å². The van der Waals surface area contributed by atoms with E-state index in [4.69, 9.17) is 5.73 Å². The minimum absolute atomic E-state index is 0.246. The topological polar surface area (TPSA) is 108 Å². The minimum atomic E-state index is -1.05. The van der Waals surface area contributed by atoms with Crippen LogP contribution >= 0.6 is 0 Å². The second-order valence-corrected chi connectivity index (χ2v) is 7.31. The quantitative estimate of drug-likeness (QED) is 0.698. The molecule has 30 heavy (non-hydrogen) atoms. The van der Waals surface area contributed by atoms with Crippen LogP contribution in [0.25, 0.3) is 0 Å². The van der Waals surface area contributed by atoms with Crippen LogP contribution in [0.4, 0.5) is 10.5 Å². The van der Waals surface area contributed by atoms with Crippen molar-refractivity contribution in [2.45, 2.75) is 20.0 Å². The van der Waals surface area contributed by atoms with Crippen molar-refractivity contribution < 1.29 is 14.4 Å². The summed E-state index contributed by atoms with van der Waals surface area (Å²) in [6, 6.07) is 14.1. The minimum Gasteiger partial charge on any atom is -0.351 e. The van der Waals surface area contributed by atoms with Gasteiger partial charge in [-0.3, -0.25) is 14.5 Å². The summed E-state index contributed by atoms with van der Waals surface area (Å²) in [4.78, 5) is 41.6. The normalized spacial score (nSPS) is 15.8. The largest absolute Gasteiger partial charge is 0.351 e. The number of nitrogens with two attached hydrogens (primary N) is 1. The van der Waals surface area contributed by atoms with Crippen molar-refractivity contribution in [3.05, 3.63) is 65.2 Å². The number of hydrogen-bond donors (Lipinski definition) is 3. The van der Waals surface area contributed by atoms with Gasteiger partial charge in [-0.25, -0.2) is 4.79 Å². The van der Waals surface area contributed by atoms with Gasteiger partial charge >= 0.3 is 6.03 Å². The zero-order valence-electron chi connectivity index (χ0n) is 17.2.